The van der Waals surface area contributed by atoms with Gasteiger partial charge in [-0.15, -0.1) is 0 Å². The van der Waals surface area contributed by atoms with Crippen LogP contribution >= 0.6 is 0 Å². The second-order valence-corrected chi connectivity index (χ2v) is 35.6. The fraction of sp³-hybridized carbons (Fsp3) is 0. The van der Waals surface area contributed by atoms with Crippen molar-refractivity contribution < 1.29 is 26.5 Å². The van der Waals surface area contributed by atoms with Crippen molar-refractivity contribution in [3.63, 3.8) is 0 Å². The molecule has 0 unspecified atom stereocenters. The van der Waals surface area contributed by atoms with Crippen molar-refractivity contribution in [1.29, 1.82) is 0 Å². The molecule has 0 aliphatic carbocycles. The third kappa shape index (κ3) is 14.9. The van der Waals surface area contributed by atoms with E-state index in [0.29, 0.717) is 34.9 Å². The number of pyridine rings is 1. The minimum absolute atomic E-state index is 0.570. The summed E-state index contributed by atoms with van der Waals surface area (Å²) in [5.41, 5.74) is 30.5. The predicted molar refractivity (Wildman–Crippen MR) is 576 cm³/mol. The van der Waals surface area contributed by atoms with Gasteiger partial charge in [-0.3, -0.25) is 0 Å². The first-order valence-corrected chi connectivity index (χ1v) is 47.3. The van der Waals surface area contributed by atoms with E-state index >= 15 is 0 Å². The summed E-state index contributed by atoms with van der Waals surface area (Å²) in [7, 11) is 0. The molecule has 142 heavy (non-hydrogen) atoms. The fourth-order valence-corrected chi connectivity index (χ4v) is 20.0. The van der Waals surface area contributed by atoms with Gasteiger partial charge in [0, 0.05) is 126 Å². The van der Waals surface area contributed by atoms with Crippen molar-refractivity contribution in [2.45, 2.75) is 0 Å². The summed E-state index contributed by atoms with van der Waals surface area (Å²) in [5.74, 6) is 3.61. The molecule has 0 fully saturated rings. The van der Waals surface area contributed by atoms with Crippen LogP contribution in [0.25, 0.3) is 289 Å². The van der Waals surface area contributed by atoms with E-state index in [1.54, 1.807) is 0 Å². The SMILES string of the molecule is c1ccc(-c2cccc(-c3ccc4c(c3)oc3c(-c5ccc6oc7ccccc7c6c5)cccc34)n2)cc1.c1ccc(-c2cccc(-c3nc(-c4cccc(-c5ccccc5)c4)nc(-c4ccc5c(c4)oc4c(-c6ccc7oc8ccccc8c7c6)cccc45)n3)c2)cc1.c1ccc(-c2nc(-c3ccccc3)nc(-c3ccc4c(c3)oc3c(-c5ccc6oc7ccc8ccccc8c7c6c5)cccc34)n2)cc1. The van der Waals surface area contributed by atoms with Gasteiger partial charge in [-0.25, -0.2) is 34.9 Å². The van der Waals surface area contributed by atoms with Gasteiger partial charge < -0.3 is 26.5 Å². The molecule has 0 amide bonds. The van der Waals surface area contributed by atoms with Gasteiger partial charge >= 0.3 is 0 Å². The second-order valence-electron chi connectivity index (χ2n) is 35.6. The van der Waals surface area contributed by atoms with E-state index in [0.717, 1.165) is 243 Å². The molecule has 0 spiro atoms. The molecule has 29 rings (SSSR count). The molecule has 9 heterocycles. The van der Waals surface area contributed by atoms with Crippen LogP contribution in [0.5, 0.6) is 0 Å². The van der Waals surface area contributed by atoms with E-state index in [4.69, 9.17) is 61.4 Å². The molecule has 9 aromatic heterocycles. The smallest absolute Gasteiger partial charge is 0.164 e. The number of hydrogen-bond acceptors (Lipinski definition) is 13. The molecule has 0 radical (unpaired) electrons. The molecule has 0 aliphatic heterocycles. The third-order valence-electron chi connectivity index (χ3n) is 27.0. The Morgan fingerprint density at radius 3 is 0.866 bits per heavy atom. The Morgan fingerprint density at radius 2 is 0.415 bits per heavy atom. The molecule has 0 saturated heterocycles. The molecule has 0 saturated carbocycles. The summed E-state index contributed by atoms with van der Waals surface area (Å²) < 4.78 is 38.4. The topological polar surface area (TPSA) is 169 Å². The zero-order chi connectivity index (χ0) is 93.7. The molecular formula is C129H77N7O6. The van der Waals surface area contributed by atoms with Crippen molar-refractivity contribution in [2.24, 2.45) is 0 Å². The molecule has 13 heteroatoms. The maximum atomic E-state index is 6.75. The van der Waals surface area contributed by atoms with Crippen molar-refractivity contribution in [3.8, 4) is 146 Å². The van der Waals surface area contributed by atoms with Crippen LogP contribution in [0, 0.1) is 0 Å². The number of rotatable bonds is 13. The van der Waals surface area contributed by atoms with Crippen LogP contribution < -0.4 is 0 Å². The van der Waals surface area contributed by atoms with Crippen molar-refractivity contribution >= 4 is 142 Å². The Labute approximate surface area is 811 Å². The molecule has 0 N–H and O–H groups in total. The third-order valence-corrected chi connectivity index (χ3v) is 27.0. The first kappa shape index (κ1) is 82.1. The van der Waals surface area contributed by atoms with Gasteiger partial charge in [0.15, 0.2) is 34.9 Å². The van der Waals surface area contributed by atoms with Crippen LogP contribution in [0.15, 0.2) is 494 Å². The van der Waals surface area contributed by atoms with Crippen LogP contribution in [-0.2, 0) is 0 Å². The number of benzene rings is 20. The summed E-state index contributed by atoms with van der Waals surface area (Å²) in [5, 5.41) is 15.4. The molecule has 29 aromatic rings. The molecule has 664 valence electrons. The highest BCUT2D eigenvalue weighted by Crippen LogP contribution is 2.47. The van der Waals surface area contributed by atoms with E-state index in [2.05, 4.69) is 315 Å². The zero-order valence-electron chi connectivity index (χ0n) is 76.0. The van der Waals surface area contributed by atoms with Crippen LogP contribution in [0.1, 0.15) is 0 Å². The average molecular weight is 1820 g/mol. The van der Waals surface area contributed by atoms with Gasteiger partial charge in [0.05, 0.1) is 11.4 Å². The summed E-state index contributed by atoms with van der Waals surface area (Å²) in [4.78, 5) is 35.0. The van der Waals surface area contributed by atoms with Crippen LogP contribution in [-0.4, -0.2) is 34.9 Å². The Kier molecular flexibility index (Phi) is 19.9. The van der Waals surface area contributed by atoms with Crippen LogP contribution in [0.3, 0.4) is 0 Å². The minimum atomic E-state index is 0.570. The molecule has 13 nitrogen and oxygen atoms in total. The summed E-state index contributed by atoms with van der Waals surface area (Å²) in [6.45, 7) is 0. The maximum Gasteiger partial charge on any atom is 0.164 e. The fourth-order valence-electron chi connectivity index (χ4n) is 20.0. The number of furan rings is 6. The average Bonchev–Trinajstić information content (AvgIpc) is 1.60. The lowest BCUT2D eigenvalue weighted by molar-refractivity contribution is 0.668. The first-order valence-electron chi connectivity index (χ1n) is 47.3. The Balaban J connectivity index is 0.000000108. The van der Waals surface area contributed by atoms with Crippen molar-refractivity contribution in [2.75, 3.05) is 0 Å². The zero-order valence-corrected chi connectivity index (χ0v) is 76.0. The van der Waals surface area contributed by atoms with Gasteiger partial charge in [0.2, 0.25) is 0 Å². The lowest BCUT2D eigenvalue weighted by Gasteiger charge is -2.10. The summed E-state index contributed by atoms with van der Waals surface area (Å²) in [6.07, 6.45) is 0. The monoisotopic (exact) mass is 1820 g/mol. The summed E-state index contributed by atoms with van der Waals surface area (Å²) >= 11 is 0. The lowest BCUT2D eigenvalue weighted by Crippen LogP contribution is -2.00. The number of nitrogens with zero attached hydrogens (tertiary/aromatic N) is 7. The summed E-state index contributed by atoms with van der Waals surface area (Å²) in [6, 6.07) is 160. The first-order chi connectivity index (χ1) is 70.3. The Hall–Kier alpha value is -19.4. The second kappa shape index (κ2) is 34.5. The van der Waals surface area contributed by atoms with Crippen LogP contribution in [0.4, 0.5) is 0 Å². The van der Waals surface area contributed by atoms with Gasteiger partial charge in [-0.2, -0.15) is 0 Å². The minimum Gasteiger partial charge on any atom is -0.456 e. The number of hydrogen-bond donors (Lipinski definition) is 0. The molecule has 0 atom stereocenters. The highest BCUT2D eigenvalue weighted by atomic mass is 16.3. The largest absolute Gasteiger partial charge is 0.456 e. The maximum absolute atomic E-state index is 6.75. The van der Waals surface area contributed by atoms with Gasteiger partial charge in [-0.05, 0) is 165 Å². The van der Waals surface area contributed by atoms with Crippen molar-refractivity contribution in [1.82, 2.24) is 34.9 Å². The van der Waals surface area contributed by atoms with Crippen LogP contribution in [0.2, 0.25) is 0 Å². The molecular weight excluding hydrogens is 1740 g/mol. The van der Waals surface area contributed by atoms with E-state index in [9.17, 15) is 0 Å². The molecule has 0 aliphatic rings. The number of aromatic nitrogens is 7. The highest BCUT2D eigenvalue weighted by Gasteiger charge is 2.24. The van der Waals surface area contributed by atoms with E-state index in [1.165, 1.54) is 10.8 Å². The van der Waals surface area contributed by atoms with E-state index in [1.807, 2.05) is 152 Å². The van der Waals surface area contributed by atoms with Crippen molar-refractivity contribution in [3.05, 3.63) is 467 Å². The Bertz CT molecular complexity index is 9860. The normalized spacial score (nSPS) is 11.7. The number of para-hydroxylation sites is 5. The van der Waals surface area contributed by atoms with E-state index in [-0.39, 0.29) is 0 Å². The molecule has 20 aromatic carbocycles. The molecule has 0 bridgehead atoms. The predicted octanol–water partition coefficient (Wildman–Crippen LogP) is 35.0. The van der Waals surface area contributed by atoms with Gasteiger partial charge in [0.1, 0.15) is 67.0 Å². The number of fused-ring (bicyclic) bond motifs is 20. The van der Waals surface area contributed by atoms with Gasteiger partial charge in [-0.1, -0.05) is 352 Å². The lowest BCUT2D eigenvalue weighted by atomic mass is 9.98. The highest BCUT2D eigenvalue weighted by molar-refractivity contribution is 6.21. The standard InChI is InChI=1S/C51H31N3O2.C43H25N3O2.C35H21NO2/c1-3-12-32(13-4-1)34-16-9-18-37(28-34)49-52-50(38-19-10-17-35(29-38)33-14-5-2-6-15-33)54-51(53-49)39-24-26-42-43-22-11-21-40(48(43)56-47(42)31-39)36-25-27-46-44(30-36)41-20-7-8-23-45(41)55-46;1-3-11-27(12-4-1)41-44-42(28-13-5-2-6-14-28)46-43(45-41)30-18-21-33-34-17-9-16-32(40(34)48-38(33)25-30)29-20-22-36-35(24-29)39-31-15-8-7-10-26(31)19-23-37(39)47-36;1-2-8-22(9-3-1)30-13-7-14-31(36-30)24-16-18-27-28-12-6-11-25(35(28)38-34(27)21-24)23-17-19-33-29(20-23)26-10-4-5-15-32(26)37-33/h1-31H;1-25H;1-21H. The van der Waals surface area contributed by atoms with Gasteiger partial charge in [0.25, 0.3) is 0 Å². The van der Waals surface area contributed by atoms with E-state index < -0.39 is 0 Å². The Morgan fingerprint density at radius 1 is 0.127 bits per heavy atom. The quantitative estimate of drug-likeness (QED) is 0.107.